The van der Waals surface area contributed by atoms with Crippen LogP contribution in [-0.4, -0.2) is 36.5 Å². The predicted molar refractivity (Wildman–Crippen MR) is 79.9 cm³/mol. The zero-order valence-corrected chi connectivity index (χ0v) is 12.8. The smallest absolute Gasteiger partial charge is 0.263 e. The topological polar surface area (TPSA) is 55.6 Å². The number of carbonyl (C=O) groups is 1. The molecule has 1 aromatic rings. The van der Waals surface area contributed by atoms with Crippen LogP contribution in [0, 0.1) is 11.7 Å². The summed E-state index contributed by atoms with van der Waals surface area (Å²) < 4.78 is 18.5. The monoisotopic (exact) mass is 314 g/mol. The quantitative estimate of drug-likeness (QED) is 0.928. The summed E-state index contributed by atoms with van der Waals surface area (Å²) >= 11 is 5.90. The Morgan fingerprint density at radius 3 is 2.76 bits per heavy atom. The van der Waals surface area contributed by atoms with Gasteiger partial charge >= 0.3 is 0 Å². The highest BCUT2D eigenvalue weighted by molar-refractivity contribution is 6.32. The van der Waals surface area contributed by atoms with Crippen LogP contribution in [0.3, 0.4) is 0 Å². The van der Waals surface area contributed by atoms with Gasteiger partial charge in [0.25, 0.3) is 5.91 Å². The van der Waals surface area contributed by atoms with Crippen molar-refractivity contribution in [3.8, 4) is 5.75 Å². The highest BCUT2D eigenvalue weighted by Crippen LogP contribution is 2.26. The Morgan fingerprint density at radius 2 is 2.19 bits per heavy atom. The lowest BCUT2D eigenvalue weighted by Crippen LogP contribution is -2.45. The maximum absolute atomic E-state index is 13.0. The largest absolute Gasteiger partial charge is 0.479 e. The molecule has 1 saturated heterocycles. The summed E-state index contributed by atoms with van der Waals surface area (Å²) in [6.45, 7) is 3.74. The van der Waals surface area contributed by atoms with Gasteiger partial charge in [-0.3, -0.25) is 4.79 Å². The number of carbonyl (C=O) groups excluding carboxylic acids is 1. The Kier molecular flexibility index (Phi) is 5.42. The summed E-state index contributed by atoms with van der Waals surface area (Å²) in [4.78, 5) is 14.1. The maximum atomic E-state index is 13.0. The molecule has 1 atom stereocenters. The number of benzene rings is 1. The van der Waals surface area contributed by atoms with Gasteiger partial charge in [0.2, 0.25) is 0 Å². The summed E-state index contributed by atoms with van der Waals surface area (Å²) in [7, 11) is 0. The number of nitrogens with zero attached hydrogens (tertiary/aromatic N) is 1. The number of likely N-dealkylation sites (tertiary alicyclic amines) is 1. The highest BCUT2D eigenvalue weighted by atomic mass is 35.5. The summed E-state index contributed by atoms with van der Waals surface area (Å²) in [5.74, 6) is 0.300. The molecule has 0 aromatic heterocycles. The molecule has 1 fully saturated rings. The standard InChI is InChI=1S/C15H20ClFN2O2/c1-10(21-14-3-2-12(17)8-13(14)16)15(20)19-6-4-11(9-18)5-7-19/h2-3,8,10-11H,4-7,9,18H2,1H3. The summed E-state index contributed by atoms with van der Waals surface area (Å²) in [5.41, 5.74) is 5.64. The fourth-order valence-electron chi connectivity index (χ4n) is 2.46. The molecule has 0 bridgehead atoms. The lowest BCUT2D eigenvalue weighted by atomic mass is 9.97. The first kappa shape index (κ1) is 16.0. The van der Waals surface area contributed by atoms with Crippen molar-refractivity contribution in [2.75, 3.05) is 19.6 Å². The van der Waals surface area contributed by atoms with Crippen molar-refractivity contribution in [1.82, 2.24) is 4.90 Å². The second-order valence-corrected chi connectivity index (χ2v) is 5.75. The second-order valence-electron chi connectivity index (χ2n) is 5.34. The number of hydrogen-bond donors (Lipinski definition) is 1. The molecule has 1 aliphatic heterocycles. The SMILES string of the molecule is CC(Oc1ccc(F)cc1Cl)C(=O)N1CCC(CN)CC1. The molecule has 1 aliphatic rings. The zero-order chi connectivity index (χ0) is 15.4. The molecule has 4 nitrogen and oxygen atoms in total. The lowest BCUT2D eigenvalue weighted by molar-refractivity contribution is -0.139. The van der Waals surface area contributed by atoms with Gasteiger partial charge in [0.15, 0.2) is 6.10 Å². The van der Waals surface area contributed by atoms with E-state index in [0.29, 0.717) is 31.3 Å². The van der Waals surface area contributed by atoms with Gasteiger partial charge in [0.1, 0.15) is 11.6 Å². The molecule has 6 heteroatoms. The third-order valence-electron chi connectivity index (χ3n) is 3.80. The van der Waals surface area contributed by atoms with E-state index in [0.717, 1.165) is 12.8 Å². The zero-order valence-electron chi connectivity index (χ0n) is 12.0. The normalized spacial score (nSPS) is 17.6. The summed E-state index contributed by atoms with van der Waals surface area (Å²) in [6.07, 6.45) is 1.20. The number of ether oxygens (including phenoxy) is 1. The van der Waals surface area contributed by atoms with Gasteiger partial charge in [-0.2, -0.15) is 0 Å². The average molecular weight is 315 g/mol. The fraction of sp³-hybridized carbons (Fsp3) is 0.533. The van der Waals surface area contributed by atoms with Crippen LogP contribution < -0.4 is 10.5 Å². The predicted octanol–water partition coefficient (Wildman–Crippen LogP) is 2.44. The van der Waals surface area contributed by atoms with E-state index in [9.17, 15) is 9.18 Å². The summed E-state index contributed by atoms with van der Waals surface area (Å²) in [6, 6.07) is 3.86. The van der Waals surface area contributed by atoms with Gasteiger partial charge < -0.3 is 15.4 Å². The van der Waals surface area contributed by atoms with Crippen LogP contribution in [-0.2, 0) is 4.79 Å². The highest BCUT2D eigenvalue weighted by Gasteiger charge is 2.26. The van der Waals surface area contributed by atoms with Crippen molar-refractivity contribution in [3.63, 3.8) is 0 Å². The summed E-state index contributed by atoms with van der Waals surface area (Å²) in [5, 5.41) is 0.163. The number of rotatable bonds is 4. The molecular weight excluding hydrogens is 295 g/mol. The fourth-order valence-corrected chi connectivity index (χ4v) is 2.67. The van der Waals surface area contributed by atoms with Crippen LogP contribution in [0.1, 0.15) is 19.8 Å². The average Bonchev–Trinajstić information content (AvgIpc) is 2.49. The van der Waals surface area contributed by atoms with Gasteiger partial charge in [-0.15, -0.1) is 0 Å². The molecule has 0 saturated carbocycles. The molecule has 21 heavy (non-hydrogen) atoms. The second kappa shape index (κ2) is 7.09. The molecule has 1 unspecified atom stereocenters. The molecular formula is C15H20ClFN2O2. The van der Waals surface area contributed by atoms with E-state index < -0.39 is 11.9 Å². The Balaban J connectivity index is 1.93. The lowest BCUT2D eigenvalue weighted by Gasteiger charge is -2.33. The van der Waals surface area contributed by atoms with Crippen molar-refractivity contribution in [1.29, 1.82) is 0 Å². The van der Waals surface area contributed by atoms with Gasteiger partial charge in [0.05, 0.1) is 5.02 Å². The first-order chi connectivity index (χ1) is 10.0. The van der Waals surface area contributed by atoms with Crippen LogP contribution in [0.2, 0.25) is 5.02 Å². The van der Waals surface area contributed by atoms with E-state index in [1.165, 1.54) is 18.2 Å². The van der Waals surface area contributed by atoms with E-state index >= 15 is 0 Å². The Morgan fingerprint density at radius 1 is 1.52 bits per heavy atom. The van der Waals surface area contributed by atoms with Crippen LogP contribution in [0.15, 0.2) is 18.2 Å². The van der Waals surface area contributed by atoms with Gasteiger partial charge in [0, 0.05) is 13.1 Å². The third kappa shape index (κ3) is 4.08. The number of halogens is 2. The maximum Gasteiger partial charge on any atom is 0.263 e. The molecule has 0 radical (unpaired) electrons. The Labute approximate surface area is 129 Å². The first-order valence-electron chi connectivity index (χ1n) is 7.12. The molecule has 2 N–H and O–H groups in total. The minimum atomic E-state index is -0.651. The Hall–Kier alpha value is -1.33. The van der Waals surface area contributed by atoms with Crippen molar-refractivity contribution in [3.05, 3.63) is 29.0 Å². The van der Waals surface area contributed by atoms with Crippen LogP contribution >= 0.6 is 11.6 Å². The number of amides is 1. The molecule has 2 rings (SSSR count). The van der Waals surface area contributed by atoms with Crippen LogP contribution in [0.4, 0.5) is 4.39 Å². The van der Waals surface area contributed by atoms with E-state index in [2.05, 4.69) is 0 Å². The molecule has 1 heterocycles. The van der Waals surface area contributed by atoms with Crippen molar-refractivity contribution < 1.29 is 13.9 Å². The number of nitrogens with two attached hydrogens (primary N) is 1. The van der Waals surface area contributed by atoms with Crippen molar-refractivity contribution in [2.45, 2.75) is 25.9 Å². The molecule has 1 aromatic carbocycles. The molecule has 116 valence electrons. The Bertz CT molecular complexity index is 504. The van der Waals surface area contributed by atoms with Crippen LogP contribution in [0.5, 0.6) is 5.75 Å². The first-order valence-corrected chi connectivity index (χ1v) is 7.49. The van der Waals surface area contributed by atoms with E-state index in [-0.39, 0.29) is 10.9 Å². The number of hydrogen-bond acceptors (Lipinski definition) is 3. The molecule has 1 amide bonds. The van der Waals surface area contributed by atoms with E-state index in [4.69, 9.17) is 22.1 Å². The number of piperidine rings is 1. The van der Waals surface area contributed by atoms with Gasteiger partial charge in [-0.1, -0.05) is 11.6 Å². The van der Waals surface area contributed by atoms with E-state index in [1.807, 2.05) is 0 Å². The molecule has 0 aliphatic carbocycles. The van der Waals surface area contributed by atoms with Gasteiger partial charge in [-0.05, 0) is 50.4 Å². The molecule has 0 spiro atoms. The third-order valence-corrected chi connectivity index (χ3v) is 4.10. The minimum Gasteiger partial charge on any atom is -0.479 e. The van der Waals surface area contributed by atoms with E-state index in [1.54, 1.807) is 11.8 Å². The minimum absolute atomic E-state index is 0.0779. The van der Waals surface area contributed by atoms with Gasteiger partial charge in [-0.25, -0.2) is 4.39 Å². The van der Waals surface area contributed by atoms with Crippen LogP contribution in [0.25, 0.3) is 0 Å². The van der Waals surface area contributed by atoms with Crippen molar-refractivity contribution in [2.24, 2.45) is 11.7 Å². The van der Waals surface area contributed by atoms with Crippen molar-refractivity contribution >= 4 is 17.5 Å².